The Morgan fingerprint density at radius 2 is 1.57 bits per heavy atom. The molecule has 5 heteroatoms. The number of fused-ring (bicyclic) bond motifs is 1. The topological polar surface area (TPSA) is 60.9 Å². The van der Waals surface area contributed by atoms with E-state index in [1.807, 2.05) is 78.9 Å². The van der Waals surface area contributed by atoms with Gasteiger partial charge >= 0.3 is 0 Å². The lowest BCUT2D eigenvalue weighted by atomic mass is 10.1. The highest BCUT2D eigenvalue weighted by Crippen LogP contribution is 2.28. The molecule has 0 unspecified atom stereocenters. The smallest absolute Gasteiger partial charge is 0.262 e. The molecule has 0 fully saturated rings. The predicted molar refractivity (Wildman–Crippen MR) is 118 cm³/mol. The molecule has 3 aromatic carbocycles. The third-order valence-corrected chi connectivity index (χ3v) is 5.24. The normalized spacial score (nSPS) is 11.1. The van der Waals surface area contributed by atoms with Crippen LogP contribution in [0.1, 0.15) is 12.5 Å². The molecule has 0 aliphatic rings. The fraction of sp³-hybridized carbons (Fsp3) is 0.0800. The van der Waals surface area contributed by atoms with E-state index in [9.17, 15) is 4.79 Å². The van der Waals surface area contributed by atoms with Gasteiger partial charge in [0, 0.05) is 28.2 Å². The van der Waals surface area contributed by atoms with Crippen LogP contribution in [0.2, 0.25) is 0 Å². The molecular formula is C25H19N3O2. The highest BCUT2D eigenvalue weighted by Gasteiger charge is 2.17. The van der Waals surface area contributed by atoms with Gasteiger partial charge in [0.05, 0.1) is 5.56 Å². The molecular weight excluding hydrogens is 374 g/mol. The maximum Gasteiger partial charge on any atom is 0.262 e. The Balaban J connectivity index is 1.71. The number of hydrogen-bond donors (Lipinski definition) is 0. The van der Waals surface area contributed by atoms with Crippen LogP contribution in [0.25, 0.3) is 39.3 Å². The summed E-state index contributed by atoms with van der Waals surface area (Å²) in [5.41, 5.74) is 3.53. The zero-order valence-electron chi connectivity index (χ0n) is 16.4. The lowest BCUT2D eigenvalue weighted by molar-refractivity contribution is 0.432. The molecule has 2 aromatic heterocycles. The molecule has 5 rings (SSSR count). The average Bonchev–Trinajstić information content (AvgIpc) is 3.30. The minimum atomic E-state index is -0.0820. The number of hydrogen-bond acceptors (Lipinski definition) is 4. The Hall–Kier alpha value is -3.99. The largest absolute Gasteiger partial charge is 0.334 e. The molecule has 0 aliphatic carbocycles. The van der Waals surface area contributed by atoms with E-state index in [1.165, 1.54) is 5.56 Å². The maximum atomic E-state index is 13.2. The molecule has 2 heterocycles. The van der Waals surface area contributed by atoms with Crippen LogP contribution in [-0.4, -0.2) is 14.7 Å². The Labute approximate surface area is 173 Å². The van der Waals surface area contributed by atoms with Crippen molar-refractivity contribution in [2.45, 2.75) is 13.3 Å². The molecule has 0 saturated carbocycles. The van der Waals surface area contributed by atoms with Gasteiger partial charge in [-0.05, 0) is 30.2 Å². The average molecular weight is 393 g/mol. The Kier molecular flexibility index (Phi) is 4.48. The second-order valence-electron chi connectivity index (χ2n) is 7.07. The standard InChI is InChI=1S/C25H19N3O2/c1-2-17-12-14-19(15-13-17)28-16-22(20-10-6-7-11-21(20)25(28)29)24-26-23(27-30-24)18-8-4-3-5-9-18/h3-16H,2H2,1H3. The van der Waals surface area contributed by atoms with Crippen molar-refractivity contribution in [2.24, 2.45) is 0 Å². The summed E-state index contributed by atoms with van der Waals surface area (Å²) in [5.74, 6) is 0.892. The first-order valence-electron chi connectivity index (χ1n) is 9.88. The van der Waals surface area contributed by atoms with Crippen LogP contribution in [0, 0.1) is 0 Å². The number of pyridine rings is 1. The molecule has 146 valence electrons. The lowest BCUT2D eigenvalue weighted by Crippen LogP contribution is -2.18. The lowest BCUT2D eigenvalue weighted by Gasteiger charge is -2.11. The fourth-order valence-corrected chi connectivity index (χ4v) is 3.58. The molecule has 0 radical (unpaired) electrons. The maximum absolute atomic E-state index is 13.2. The van der Waals surface area contributed by atoms with Crippen molar-refractivity contribution < 1.29 is 4.52 Å². The van der Waals surface area contributed by atoms with Crippen LogP contribution in [0.4, 0.5) is 0 Å². The van der Waals surface area contributed by atoms with Crippen molar-refractivity contribution in [3.05, 3.63) is 101 Å². The van der Waals surface area contributed by atoms with Gasteiger partial charge in [0.1, 0.15) is 0 Å². The van der Waals surface area contributed by atoms with E-state index >= 15 is 0 Å². The summed E-state index contributed by atoms with van der Waals surface area (Å²) >= 11 is 0. The van der Waals surface area contributed by atoms with Crippen LogP contribution in [0.5, 0.6) is 0 Å². The van der Waals surface area contributed by atoms with Gasteiger partial charge < -0.3 is 4.52 Å². The van der Waals surface area contributed by atoms with Gasteiger partial charge in [0.25, 0.3) is 11.4 Å². The highest BCUT2D eigenvalue weighted by molar-refractivity contribution is 5.94. The van der Waals surface area contributed by atoms with Gasteiger partial charge in [0.15, 0.2) is 0 Å². The van der Waals surface area contributed by atoms with Gasteiger partial charge in [-0.15, -0.1) is 0 Å². The molecule has 0 aliphatic heterocycles. The first-order valence-corrected chi connectivity index (χ1v) is 9.88. The van der Waals surface area contributed by atoms with E-state index in [0.717, 1.165) is 28.6 Å². The third-order valence-electron chi connectivity index (χ3n) is 5.24. The summed E-state index contributed by atoms with van der Waals surface area (Å²) in [5, 5.41) is 5.53. The van der Waals surface area contributed by atoms with Crippen LogP contribution < -0.4 is 5.56 Å². The number of aryl methyl sites for hydroxylation is 1. The van der Waals surface area contributed by atoms with Crippen molar-refractivity contribution >= 4 is 10.8 Å². The van der Waals surface area contributed by atoms with E-state index < -0.39 is 0 Å². The van der Waals surface area contributed by atoms with Crippen LogP contribution in [0.15, 0.2) is 94.4 Å². The minimum absolute atomic E-state index is 0.0820. The third kappa shape index (κ3) is 3.10. The molecule has 30 heavy (non-hydrogen) atoms. The first kappa shape index (κ1) is 18.1. The number of benzene rings is 3. The summed E-state index contributed by atoms with van der Waals surface area (Å²) in [6, 6.07) is 25.2. The van der Waals surface area contributed by atoms with Crippen molar-refractivity contribution in [1.29, 1.82) is 0 Å². The molecule has 0 saturated heterocycles. The zero-order chi connectivity index (χ0) is 20.5. The summed E-state index contributed by atoms with van der Waals surface area (Å²) in [4.78, 5) is 17.8. The van der Waals surface area contributed by atoms with Gasteiger partial charge in [-0.3, -0.25) is 9.36 Å². The van der Waals surface area contributed by atoms with Crippen molar-refractivity contribution in [1.82, 2.24) is 14.7 Å². The van der Waals surface area contributed by atoms with E-state index in [4.69, 9.17) is 4.52 Å². The van der Waals surface area contributed by atoms with Gasteiger partial charge in [-0.1, -0.05) is 72.7 Å². The molecule has 5 nitrogen and oxygen atoms in total. The predicted octanol–water partition coefficient (Wildman–Crippen LogP) is 5.27. The monoisotopic (exact) mass is 393 g/mol. The van der Waals surface area contributed by atoms with Gasteiger partial charge in [-0.2, -0.15) is 4.98 Å². The van der Waals surface area contributed by atoms with Gasteiger partial charge in [0.2, 0.25) is 5.82 Å². The molecule has 0 amide bonds. The second-order valence-corrected chi connectivity index (χ2v) is 7.07. The highest BCUT2D eigenvalue weighted by atomic mass is 16.5. The second kappa shape index (κ2) is 7.44. The van der Waals surface area contributed by atoms with E-state index in [-0.39, 0.29) is 5.56 Å². The van der Waals surface area contributed by atoms with Crippen molar-refractivity contribution in [3.63, 3.8) is 0 Å². The summed E-state index contributed by atoms with van der Waals surface area (Å²) in [6.45, 7) is 2.11. The molecule has 0 spiro atoms. The Morgan fingerprint density at radius 3 is 2.30 bits per heavy atom. The Bertz CT molecular complexity index is 1380. The van der Waals surface area contributed by atoms with E-state index in [2.05, 4.69) is 17.1 Å². The summed E-state index contributed by atoms with van der Waals surface area (Å²) in [6.07, 6.45) is 2.73. The molecule has 0 N–H and O–H groups in total. The fourth-order valence-electron chi connectivity index (χ4n) is 3.58. The van der Waals surface area contributed by atoms with Crippen molar-refractivity contribution in [3.8, 4) is 28.5 Å². The molecule has 5 aromatic rings. The summed E-state index contributed by atoms with van der Waals surface area (Å²) in [7, 11) is 0. The van der Waals surface area contributed by atoms with Crippen LogP contribution in [-0.2, 0) is 6.42 Å². The van der Waals surface area contributed by atoms with E-state index in [0.29, 0.717) is 17.1 Å². The number of nitrogens with zero attached hydrogens (tertiary/aromatic N) is 3. The van der Waals surface area contributed by atoms with Gasteiger partial charge in [-0.25, -0.2) is 0 Å². The van der Waals surface area contributed by atoms with E-state index in [1.54, 1.807) is 10.8 Å². The zero-order valence-corrected chi connectivity index (χ0v) is 16.4. The quantitative estimate of drug-likeness (QED) is 0.417. The SMILES string of the molecule is CCc1ccc(-n2cc(-c3nc(-c4ccccc4)no3)c3ccccc3c2=O)cc1. The van der Waals surface area contributed by atoms with Crippen LogP contribution in [0.3, 0.4) is 0 Å². The summed E-state index contributed by atoms with van der Waals surface area (Å²) < 4.78 is 7.25. The number of aromatic nitrogens is 3. The number of rotatable bonds is 4. The molecule has 0 bridgehead atoms. The Morgan fingerprint density at radius 1 is 0.867 bits per heavy atom. The minimum Gasteiger partial charge on any atom is -0.334 e. The molecule has 0 atom stereocenters. The van der Waals surface area contributed by atoms with Crippen molar-refractivity contribution in [2.75, 3.05) is 0 Å². The first-order chi connectivity index (χ1) is 14.7. The van der Waals surface area contributed by atoms with Crippen LogP contribution >= 0.6 is 0 Å².